The van der Waals surface area contributed by atoms with Gasteiger partial charge in [0, 0.05) is 11.1 Å². The van der Waals surface area contributed by atoms with E-state index in [1.54, 1.807) is 48.7 Å². The van der Waals surface area contributed by atoms with Crippen molar-refractivity contribution < 1.29 is 10.2 Å². The molecule has 0 fully saturated rings. The summed E-state index contributed by atoms with van der Waals surface area (Å²) < 4.78 is 0. The van der Waals surface area contributed by atoms with Gasteiger partial charge in [-0.2, -0.15) is 5.10 Å². The zero-order valence-electron chi connectivity index (χ0n) is 15.4. The molecule has 142 valence electrons. The van der Waals surface area contributed by atoms with E-state index in [2.05, 4.69) is 20.5 Å². The van der Waals surface area contributed by atoms with Crippen molar-refractivity contribution in [1.29, 1.82) is 0 Å². The maximum Gasteiger partial charge on any atom is 0.244 e. The number of nitrogens with zero attached hydrogens (tertiary/aromatic N) is 3. The Morgan fingerprint density at radius 1 is 0.690 bits per heavy atom. The highest BCUT2D eigenvalue weighted by atomic mass is 16.3. The van der Waals surface area contributed by atoms with E-state index in [0.717, 1.165) is 22.4 Å². The van der Waals surface area contributed by atoms with E-state index in [0.29, 0.717) is 11.6 Å². The first kappa shape index (κ1) is 18.2. The first-order chi connectivity index (χ1) is 14.2. The number of hydrazone groups is 1. The molecule has 4 aromatic rings. The maximum atomic E-state index is 9.82. The topological polar surface area (TPSA) is 90.6 Å². The lowest BCUT2D eigenvalue weighted by Crippen LogP contribution is -2.00. The fourth-order valence-electron chi connectivity index (χ4n) is 2.79. The van der Waals surface area contributed by atoms with Gasteiger partial charge in [-0.05, 0) is 48.0 Å². The highest BCUT2D eigenvalue weighted by Gasteiger charge is 2.09. The Kier molecular flexibility index (Phi) is 5.16. The van der Waals surface area contributed by atoms with Crippen molar-refractivity contribution in [2.45, 2.75) is 0 Å². The number of hydrogen-bond donors (Lipinski definition) is 3. The number of phenolic OH excluding ortho intramolecular Hbond substituents is 2. The van der Waals surface area contributed by atoms with E-state index >= 15 is 0 Å². The Morgan fingerprint density at radius 2 is 1.38 bits per heavy atom. The van der Waals surface area contributed by atoms with Gasteiger partial charge in [0.15, 0.2) is 0 Å². The van der Waals surface area contributed by atoms with Crippen molar-refractivity contribution in [3.8, 4) is 34.0 Å². The van der Waals surface area contributed by atoms with Gasteiger partial charge in [-0.3, -0.25) is 0 Å². The van der Waals surface area contributed by atoms with Crippen LogP contribution in [0.15, 0.2) is 90.0 Å². The molecule has 0 aliphatic rings. The number of benzene rings is 3. The second kappa shape index (κ2) is 8.22. The minimum atomic E-state index is 0.169. The number of rotatable bonds is 5. The highest BCUT2D eigenvalue weighted by molar-refractivity contribution is 5.80. The molecular weight excluding hydrogens is 364 g/mol. The van der Waals surface area contributed by atoms with Gasteiger partial charge in [-0.15, -0.1) is 0 Å². The molecule has 0 saturated carbocycles. The molecular formula is C23H18N4O2. The van der Waals surface area contributed by atoms with Gasteiger partial charge in [-0.25, -0.2) is 15.4 Å². The molecule has 6 nitrogen and oxygen atoms in total. The standard InChI is InChI=1S/C23H18N4O2/c28-19-11-9-16(10-12-19)15-24-27-23-25-21(17-5-2-1-3-6-17)14-22(26-23)18-7-4-8-20(29)13-18/h1-15,28-29H,(H,25,26,27). The Labute approximate surface area is 167 Å². The highest BCUT2D eigenvalue weighted by Crippen LogP contribution is 2.27. The van der Waals surface area contributed by atoms with Crippen molar-refractivity contribution in [3.63, 3.8) is 0 Å². The summed E-state index contributed by atoms with van der Waals surface area (Å²) in [5.41, 5.74) is 6.81. The van der Waals surface area contributed by atoms with E-state index in [4.69, 9.17) is 0 Å². The largest absolute Gasteiger partial charge is 0.508 e. The minimum absolute atomic E-state index is 0.169. The predicted molar refractivity (Wildman–Crippen MR) is 114 cm³/mol. The first-order valence-electron chi connectivity index (χ1n) is 8.99. The molecule has 0 unspecified atom stereocenters. The second-order valence-electron chi connectivity index (χ2n) is 6.34. The summed E-state index contributed by atoms with van der Waals surface area (Å²) in [5.74, 6) is 0.701. The van der Waals surface area contributed by atoms with Crippen LogP contribution in [-0.4, -0.2) is 26.4 Å². The van der Waals surface area contributed by atoms with Gasteiger partial charge in [-0.1, -0.05) is 42.5 Å². The summed E-state index contributed by atoms with van der Waals surface area (Å²) in [4.78, 5) is 9.09. The Balaban J connectivity index is 1.68. The van der Waals surface area contributed by atoms with Crippen molar-refractivity contribution in [2.24, 2.45) is 5.10 Å². The van der Waals surface area contributed by atoms with Gasteiger partial charge >= 0.3 is 0 Å². The monoisotopic (exact) mass is 382 g/mol. The quantitative estimate of drug-likeness (QED) is 0.345. The fourth-order valence-corrected chi connectivity index (χ4v) is 2.79. The van der Waals surface area contributed by atoms with Crippen LogP contribution in [-0.2, 0) is 0 Å². The maximum absolute atomic E-state index is 9.82. The van der Waals surface area contributed by atoms with E-state index in [1.807, 2.05) is 42.5 Å². The molecule has 0 bridgehead atoms. The SMILES string of the molecule is Oc1ccc(C=NNc2nc(-c3ccccc3)cc(-c3cccc(O)c3)n2)cc1. The summed E-state index contributed by atoms with van der Waals surface area (Å²) >= 11 is 0. The number of phenols is 2. The van der Waals surface area contributed by atoms with Gasteiger partial charge in [0.2, 0.25) is 5.95 Å². The molecule has 0 saturated heterocycles. The van der Waals surface area contributed by atoms with Crippen molar-refractivity contribution in [1.82, 2.24) is 9.97 Å². The van der Waals surface area contributed by atoms with E-state index in [9.17, 15) is 10.2 Å². The van der Waals surface area contributed by atoms with Crippen LogP contribution in [0, 0.1) is 0 Å². The zero-order valence-corrected chi connectivity index (χ0v) is 15.4. The van der Waals surface area contributed by atoms with Gasteiger partial charge in [0.25, 0.3) is 0 Å². The molecule has 0 atom stereocenters. The lowest BCUT2D eigenvalue weighted by molar-refractivity contribution is 0.475. The number of hydrogen-bond acceptors (Lipinski definition) is 6. The normalized spacial score (nSPS) is 10.9. The van der Waals surface area contributed by atoms with Gasteiger partial charge in [0.1, 0.15) is 11.5 Å². The molecule has 1 heterocycles. The van der Waals surface area contributed by atoms with Crippen LogP contribution in [0.1, 0.15) is 5.56 Å². The molecule has 29 heavy (non-hydrogen) atoms. The summed E-state index contributed by atoms with van der Waals surface area (Å²) in [6.07, 6.45) is 1.62. The lowest BCUT2D eigenvalue weighted by atomic mass is 10.1. The van der Waals surface area contributed by atoms with Crippen LogP contribution in [0.2, 0.25) is 0 Å². The summed E-state index contributed by atoms with van der Waals surface area (Å²) in [6, 6.07) is 25.2. The molecule has 6 heteroatoms. The molecule has 0 aliphatic heterocycles. The Morgan fingerprint density at radius 3 is 2.10 bits per heavy atom. The molecule has 1 aromatic heterocycles. The summed E-state index contributed by atoms with van der Waals surface area (Å²) in [7, 11) is 0. The molecule has 0 radical (unpaired) electrons. The number of nitrogens with one attached hydrogen (secondary N) is 1. The van der Waals surface area contributed by atoms with Crippen LogP contribution in [0.3, 0.4) is 0 Å². The Hall–Kier alpha value is -4.19. The smallest absolute Gasteiger partial charge is 0.244 e. The van der Waals surface area contributed by atoms with E-state index in [-0.39, 0.29) is 11.5 Å². The fraction of sp³-hybridized carbons (Fsp3) is 0. The third-order valence-electron chi connectivity index (χ3n) is 4.21. The Bertz CT molecular complexity index is 1140. The van der Waals surface area contributed by atoms with E-state index < -0.39 is 0 Å². The summed E-state index contributed by atoms with van der Waals surface area (Å²) in [6.45, 7) is 0. The first-order valence-corrected chi connectivity index (χ1v) is 8.99. The molecule has 0 spiro atoms. The average molecular weight is 382 g/mol. The molecule has 0 amide bonds. The third-order valence-corrected chi connectivity index (χ3v) is 4.21. The van der Waals surface area contributed by atoms with Gasteiger partial charge in [0.05, 0.1) is 17.6 Å². The van der Waals surface area contributed by atoms with Crippen molar-refractivity contribution >= 4 is 12.2 Å². The zero-order chi connectivity index (χ0) is 20.1. The van der Waals surface area contributed by atoms with E-state index in [1.165, 1.54) is 0 Å². The third kappa shape index (κ3) is 4.56. The molecule has 0 aliphatic carbocycles. The molecule has 3 aromatic carbocycles. The number of aromatic nitrogens is 2. The van der Waals surface area contributed by atoms with Crippen LogP contribution < -0.4 is 5.43 Å². The predicted octanol–water partition coefficient (Wildman–Crippen LogP) is 4.67. The van der Waals surface area contributed by atoms with Crippen LogP contribution in [0.25, 0.3) is 22.5 Å². The number of anilines is 1. The average Bonchev–Trinajstić information content (AvgIpc) is 2.76. The van der Waals surface area contributed by atoms with Crippen LogP contribution in [0.5, 0.6) is 11.5 Å². The summed E-state index contributed by atoms with van der Waals surface area (Å²) in [5, 5.41) is 23.4. The number of aromatic hydroxyl groups is 2. The lowest BCUT2D eigenvalue weighted by Gasteiger charge is -2.08. The van der Waals surface area contributed by atoms with Crippen molar-refractivity contribution in [3.05, 3.63) is 90.5 Å². The van der Waals surface area contributed by atoms with Gasteiger partial charge < -0.3 is 10.2 Å². The minimum Gasteiger partial charge on any atom is -0.508 e. The van der Waals surface area contributed by atoms with Crippen molar-refractivity contribution in [2.75, 3.05) is 5.43 Å². The molecule has 4 rings (SSSR count). The van der Waals surface area contributed by atoms with Crippen LogP contribution in [0.4, 0.5) is 5.95 Å². The second-order valence-corrected chi connectivity index (χ2v) is 6.34. The van der Waals surface area contributed by atoms with Crippen LogP contribution >= 0.6 is 0 Å². The molecule has 3 N–H and O–H groups in total.